The molecule has 0 amide bonds. The van der Waals surface area contributed by atoms with E-state index in [-0.39, 0.29) is 15.6 Å². The Bertz CT molecular complexity index is 644. The third-order valence-electron chi connectivity index (χ3n) is 3.17. The van der Waals surface area contributed by atoms with Gasteiger partial charge in [0.25, 0.3) is 15.7 Å². The van der Waals surface area contributed by atoms with Crippen LogP contribution in [0.5, 0.6) is 0 Å². The van der Waals surface area contributed by atoms with Crippen LogP contribution in [0.3, 0.4) is 0 Å². The largest absolute Gasteiger partial charge is 0.304 e. The number of hydrogen-bond acceptors (Lipinski definition) is 6. The first-order valence-corrected chi connectivity index (χ1v) is 8.05. The Kier molecular flexibility index (Phi) is 4.79. The highest BCUT2D eigenvalue weighted by atomic mass is 35.5. The van der Waals surface area contributed by atoms with E-state index in [1.165, 1.54) is 6.07 Å². The maximum Gasteiger partial charge on any atom is 0.270 e. The Morgan fingerprint density at radius 2 is 1.90 bits per heavy atom. The van der Waals surface area contributed by atoms with Gasteiger partial charge in [0, 0.05) is 38.3 Å². The number of likely N-dealkylation sites (N-methyl/N-ethyl adjacent to an activating group) is 1. The van der Waals surface area contributed by atoms with Crippen LogP contribution in [-0.2, 0) is 10.0 Å². The van der Waals surface area contributed by atoms with Crippen LogP contribution >= 0.6 is 11.6 Å². The summed E-state index contributed by atoms with van der Waals surface area (Å²) in [6.45, 7) is 2.51. The van der Waals surface area contributed by atoms with Crippen molar-refractivity contribution in [2.24, 2.45) is 0 Å². The number of nitro groups is 1. The molecule has 1 aromatic carbocycles. The Morgan fingerprint density at radius 1 is 1.29 bits per heavy atom. The van der Waals surface area contributed by atoms with E-state index >= 15 is 0 Å². The van der Waals surface area contributed by atoms with Crippen LogP contribution in [0.1, 0.15) is 0 Å². The average molecular weight is 335 g/mol. The van der Waals surface area contributed by atoms with Gasteiger partial charge in [0.05, 0.1) is 9.95 Å². The van der Waals surface area contributed by atoms with Gasteiger partial charge in [-0.05, 0) is 13.1 Å². The number of hydrogen-bond donors (Lipinski definition) is 1. The van der Waals surface area contributed by atoms with Gasteiger partial charge in [-0.3, -0.25) is 10.1 Å². The number of nitro benzene ring substituents is 1. The third-order valence-corrected chi connectivity index (χ3v) is 5.02. The zero-order valence-corrected chi connectivity index (χ0v) is 12.9. The molecule has 0 saturated carbocycles. The molecule has 1 aromatic rings. The smallest absolute Gasteiger partial charge is 0.270 e. The van der Waals surface area contributed by atoms with Crippen molar-refractivity contribution in [3.8, 4) is 0 Å². The van der Waals surface area contributed by atoms with Gasteiger partial charge in [0.15, 0.2) is 0 Å². The molecule has 0 spiro atoms. The van der Waals surface area contributed by atoms with Crippen LogP contribution in [0.4, 0.5) is 5.69 Å². The van der Waals surface area contributed by atoms with Crippen molar-refractivity contribution < 1.29 is 13.3 Å². The maximum absolute atomic E-state index is 12.3. The molecule has 116 valence electrons. The van der Waals surface area contributed by atoms with Crippen molar-refractivity contribution in [3.05, 3.63) is 33.3 Å². The minimum atomic E-state index is -3.94. The lowest BCUT2D eigenvalue weighted by molar-refractivity contribution is -0.385. The number of piperazine rings is 1. The van der Waals surface area contributed by atoms with E-state index in [0.717, 1.165) is 25.2 Å². The van der Waals surface area contributed by atoms with Crippen LogP contribution in [0.25, 0.3) is 0 Å². The highest BCUT2D eigenvalue weighted by Crippen LogP contribution is 2.26. The van der Waals surface area contributed by atoms with E-state index in [1.807, 2.05) is 7.05 Å². The fraction of sp³-hybridized carbons (Fsp3) is 0.455. The lowest BCUT2D eigenvalue weighted by atomic mass is 10.3. The summed E-state index contributed by atoms with van der Waals surface area (Å²) < 4.78 is 24.6. The van der Waals surface area contributed by atoms with E-state index in [1.54, 1.807) is 5.01 Å². The molecule has 1 aliphatic rings. The maximum atomic E-state index is 12.3. The molecule has 0 radical (unpaired) electrons. The first kappa shape index (κ1) is 16.1. The topological polar surface area (TPSA) is 95.8 Å². The molecule has 1 N–H and O–H groups in total. The number of nitrogens with one attached hydrogen (secondary N) is 1. The van der Waals surface area contributed by atoms with Crippen molar-refractivity contribution in [1.29, 1.82) is 0 Å². The molecule has 0 bridgehead atoms. The first-order chi connectivity index (χ1) is 9.79. The van der Waals surface area contributed by atoms with E-state index < -0.39 is 14.9 Å². The van der Waals surface area contributed by atoms with E-state index in [2.05, 4.69) is 9.73 Å². The van der Waals surface area contributed by atoms with Crippen LogP contribution in [0.2, 0.25) is 5.02 Å². The molecule has 1 heterocycles. The Labute approximate surface area is 127 Å². The minimum absolute atomic E-state index is 0.0535. The molecule has 0 aliphatic carbocycles. The summed E-state index contributed by atoms with van der Waals surface area (Å²) in [4.78, 5) is 14.3. The minimum Gasteiger partial charge on any atom is -0.304 e. The van der Waals surface area contributed by atoms with Crippen LogP contribution in [0, 0.1) is 10.1 Å². The van der Waals surface area contributed by atoms with Crippen molar-refractivity contribution >= 4 is 27.3 Å². The standard InChI is InChI=1S/C11H15ClN4O4S/c1-14-4-6-15(7-5-14)13-21(19,20)11-8-9(16(17)18)2-3-10(11)12/h2-3,8,13H,4-7H2,1H3. The molecule has 21 heavy (non-hydrogen) atoms. The van der Waals surface area contributed by atoms with Crippen LogP contribution in [-0.4, -0.2) is 56.5 Å². The molecule has 0 aromatic heterocycles. The summed E-state index contributed by atoms with van der Waals surface area (Å²) in [5, 5.41) is 12.3. The molecular formula is C11H15ClN4O4S. The molecule has 1 saturated heterocycles. The lowest BCUT2D eigenvalue weighted by Gasteiger charge is -2.32. The normalized spacial score (nSPS) is 17.8. The van der Waals surface area contributed by atoms with Crippen molar-refractivity contribution in [3.63, 3.8) is 0 Å². The van der Waals surface area contributed by atoms with Gasteiger partial charge in [0.1, 0.15) is 4.90 Å². The molecule has 1 aliphatic heterocycles. The molecule has 10 heteroatoms. The van der Waals surface area contributed by atoms with Gasteiger partial charge in [-0.25, -0.2) is 13.4 Å². The van der Waals surface area contributed by atoms with Gasteiger partial charge in [-0.2, -0.15) is 0 Å². The van der Waals surface area contributed by atoms with Crippen LogP contribution in [0.15, 0.2) is 23.1 Å². The molecule has 0 unspecified atom stereocenters. The summed E-state index contributed by atoms with van der Waals surface area (Å²) in [7, 11) is -2.00. The predicted octanol–water partition coefficient (Wildman–Crippen LogP) is 0.689. The van der Waals surface area contributed by atoms with Crippen LogP contribution < -0.4 is 4.83 Å². The second kappa shape index (κ2) is 6.24. The van der Waals surface area contributed by atoms with E-state index in [9.17, 15) is 18.5 Å². The average Bonchev–Trinajstić information content (AvgIpc) is 2.41. The highest BCUT2D eigenvalue weighted by molar-refractivity contribution is 7.89. The van der Waals surface area contributed by atoms with Crippen molar-refractivity contribution in [2.45, 2.75) is 4.90 Å². The summed E-state index contributed by atoms with van der Waals surface area (Å²) in [5.41, 5.74) is -0.321. The van der Waals surface area contributed by atoms with Gasteiger partial charge in [-0.1, -0.05) is 11.6 Å². The second-order valence-electron chi connectivity index (χ2n) is 4.76. The predicted molar refractivity (Wildman–Crippen MR) is 77.5 cm³/mol. The Hall–Kier alpha value is -1.26. The number of benzene rings is 1. The molecule has 2 rings (SSSR count). The van der Waals surface area contributed by atoms with E-state index in [4.69, 9.17) is 11.6 Å². The fourth-order valence-corrected chi connectivity index (χ4v) is 3.57. The SMILES string of the molecule is CN1CCN(NS(=O)(=O)c2cc([N+](=O)[O-])ccc2Cl)CC1. The first-order valence-electron chi connectivity index (χ1n) is 6.19. The summed E-state index contributed by atoms with van der Waals surface area (Å²) in [5.74, 6) is 0. The zero-order chi connectivity index (χ0) is 15.6. The number of nitrogens with zero attached hydrogens (tertiary/aromatic N) is 3. The fourth-order valence-electron chi connectivity index (χ4n) is 1.93. The van der Waals surface area contributed by atoms with Gasteiger partial charge in [0.2, 0.25) is 0 Å². The monoisotopic (exact) mass is 334 g/mol. The zero-order valence-electron chi connectivity index (χ0n) is 11.3. The van der Waals surface area contributed by atoms with Gasteiger partial charge < -0.3 is 4.90 Å². The number of rotatable bonds is 4. The van der Waals surface area contributed by atoms with Crippen molar-refractivity contribution in [2.75, 3.05) is 33.2 Å². The summed E-state index contributed by atoms with van der Waals surface area (Å²) in [6.07, 6.45) is 0. The Morgan fingerprint density at radius 3 is 2.48 bits per heavy atom. The lowest BCUT2D eigenvalue weighted by Crippen LogP contribution is -2.52. The number of hydrazine groups is 1. The quantitative estimate of drug-likeness (QED) is 0.643. The molecule has 0 atom stereocenters. The number of halogens is 1. The molecule has 1 fully saturated rings. The Balaban J connectivity index is 2.23. The van der Waals surface area contributed by atoms with Gasteiger partial charge >= 0.3 is 0 Å². The highest BCUT2D eigenvalue weighted by Gasteiger charge is 2.25. The second-order valence-corrected chi connectivity index (χ2v) is 6.79. The van der Waals surface area contributed by atoms with E-state index in [0.29, 0.717) is 13.1 Å². The number of non-ortho nitro benzene ring substituents is 1. The number of sulfonamides is 1. The van der Waals surface area contributed by atoms with Gasteiger partial charge in [-0.15, -0.1) is 4.83 Å². The summed E-state index contributed by atoms with van der Waals surface area (Å²) >= 11 is 5.86. The summed E-state index contributed by atoms with van der Waals surface area (Å²) in [6, 6.07) is 3.33. The third kappa shape index (κ3) is 3.89. The molecular weight excluding hydrogens is 320 g/mol. The molecule has 8 nitrogen and oxygen atoms in total. The van der Waals surface area contributed by atoms with Crippen molar-refractivity contribution in [1.82, 2.24) is 14.7 Å².